The zero-order valence-corrected chi connectivity index (χ0v) is 32.7. The Morgan fingerprint density at radius 3 is 2.37 bits per heavy atom. The average Bonchev–Trinajstić information content (AvgIpc) is 3.05. The number of halogens is 1. The number of phenols is 1. The predicted octanol–water partition coefficient (Wildman–Crippen LogP) is 9.09. The smallest absolute Gasteiger partial charge is 0.411 e. The number of pyridine rings is 1. The molecule has 1 saturated heterocycles. The molecule has 11 heteroatoms. The quantitative estimate of drug-likeness (QED) is 0.0802. The molecule has 3 aromatic rings. The van der Waals surface area contributed by atoms with Crippen LogP contribution in [0.25, 0.3) is 10.9 Å². The van der Waals surface area contributed by atoms with E-state index in [0.717, 1.165) is 66.6 Å². The topological polar surface area (TPSA) is 116 Å². The van der Waals surface area contributed by atoms with Crippen LogP contribution in [0.3, 0.4) is 0 Å². The molecule has 0 aliphatic carbocycles. The van der Waals surface area contributed by atoms with E-state index in [4.69, 9.17) is 9.16 Å². The second-order valence-corrected chi connectivity index (χ2v) is 20.5. The summed E-state index contributed by atoms with van der Waals surface area (Å²) < 4.78 is 13.4. The Morgan fingerprint density at radius 2 is 1.67 bits per heavy atom. The molecule has 0 unspecified atom stereocenters. The number of likely N-dealkylation sites (tertiary alicyclic amines) is 1. The van der Waals surface area contributed by atoms with Gasteiger partial charge in [-0.2, -0.15) is 0 Å². The molecular formula is C38H57BrN4O5Si. The normalized spacial score (nSPS) is 15.4. The Hall–Kier alpha value is -2.70. The first-order chi connectivity index (χ1) is 23.3. The number of piperidine rings is 1. The van der Waals surface area contributed by atoms with Crippen molar-refractivity contribution in [2.75, 3.05) is 38.0 Å². The van der Waals surface area contributed by atoms with Crippen molar-refractivity contribution in [2.24, 2.45) is 0 Å². The van der Waals surface area contributed by atoms with Gasteiger partial charge in [0.15, 0.2) is 8.32 Å². The molecule has 1 fully saturated rings. The van der Waals surface area contributed by atoms with Crippen LogP contribution in [0.5, 0.6) is 5.75 Å². The lowest BCUT2D eigenvalue weighted by molar-refractivity contribution is 0.0584. The molecule has 4 rings (SSSR count). The van der Waals surface area contributed by atoms with E-state index in [2.05, 4.69) is 70.3 Å². The predicted molar refractivity (Wildman–Crippen MR) is 206 cm³/mol. The highest BCUT2D eigenvalue weighted by Gasteiger charge is 2.39. The van der Waals surface area contributed by atoms with Gasteiger partial charge in [-0.15, -0.1) is 0 Å². The molecule has 4 N–H and O–H groups in total. The molecule has 1 amide bonds. The molecule has 9 nitrogen and oxygen atoms in total. The van der Waals surface area contributed by atoms with Gasteiger partial charge in [0.05, 0.1) is 17.3 Å². The van der Waals surface area contributed by atoms with E-state index in [0.29, 0.717) is 12.1 Å². The maximum atomic E-state index is 12.3. The zero-order chi connectivity index (χ0) is 35.4. The molecule has 270 valence electrons. The first kappa shape index (κ1) is 39.1. The number of nitrogens with zero attached hydrogens (tertiary/aromatic N) is 1. The molecule has 2 aromatic carbocycles. The summed E-state index contributed by atoms with van der Waals surface area (Å²) in [7, 11) is -2.09. The maximum absolute atomic E-state index is 12.3. The van der Waals surface area contributed by atoms with Gasteiger partial charge in [-0.25, -0.2) is 4.79 Å². The molecule has 0 saturated carbocycles. The highest BCUT2D eigenvalue weighted by atomic mass is 79.9. The molecule has 0 spiro atoms. The summed E-state index contributed by atoms with van der Waals surface area (Å²) in [5.74, 6) is 0.0708. The number of phenolic OH excluding ortho intramolecular Hbond substituents is 1. The summed E-state index contributed by atoms with van der Waals surface area (Å²) in [4.78, 5) is 29.6. The van der Waals surface area contributed by atoms with Gasteiger partial charge in [-0.05, 0) is 103 Å². The third-order valence-corrected chi connectivity index (χ3v) is 15.3. The van der Waals surface area contributed by atoms with Crippen LogP contribution in [0.2, 0.25) is 18.1 Å². The number of aromatic amines is 1. The number of hydrogen-bond acceptors (Lipinski definition) is 7. The SMILES string of the molecule is CC(C)(C)[Si](C)(C)O[C@@H](CNCCCCCCCCCN1CCC(OC(=O)Nc2ccccc2Br)CC1)c1ccc(O)c2[nH]c(=O)ccc12. The van der Waals surface area contributed by atoms with E-state index < -0.39 is 8.32 Å². The molecule has 0 bridgehead atoms. The lowest BCUT2D eigenvalue weighted by Crippen LogP contribution is -2.43. The van der Waals surface area contributed by atoms with Crippen molar-refractivity contribution in [3.05, 3.63) is 68.9 Å². The first-order valence-electron chi connectivity index (χ1n) is 18.0. The Morgan fingerprint density at radius 1 is 1.00 bits per heavy atom. The fraction of sp³-hybridized carbons (Fsp3) is 0.579. The van der Waals surface area contributed by atoms with E-state index >= 15 is 0 Å². The second-order valence-electron chi connectivity index (χ2n) is 14.9. The number of nitrogens with one attached hydrogen (secondary N) is 3. The number of aromatic hydroxyl groups is 1. The van der Waals surface area contributed by atoms with Crippen molar-refractivity contribution in [3.8, 4) is 5.75 Å². The lowest BCUT2D eigenvalue weighted by atomic mass is 10.0. The van der Waals surface area contributed by atoms with Crippen LogP contribution in [0.15, 0.2) is 57.8 Å². The number of para-hydroxylation sites is 1. The van der Waals surface area contributed by atoms with Gasteiger partial charge in [0.25, 0.3) is 0 Å². The molecule has 2 heterocycles. The number of anilines is 1. The van der Waals surface area contributed by atoms with E-state index in [9.17, 15) is 14.7 Å². The third kappa shape index (κ3) is 11.9. The monoisotopic (exact) mass is 756 g/mol. The number of fused-ring (bicyclic) bond motifs is 1. The summed E-state index contributed by atoms with van der Waals surface area (Å²) in [6.07, 6.45) is 9.72. The van der Waals surface area contributed by atoms with Crippen LogP contribution in [0, 0.1) is 0 Å². The highest BCUT2D eigenvalue weighted by Crippen LogP contribution is 2.41. The summed E-state index contributed by atoms with van der Waals surface area (Å²) in [6, 6.07) is 14.4. The van der Waals surface area contributed by atoms with Crippen molar-refractivity contribution in [1.29, 1.82) is 0 Å². The van der Waals surface area contributed by atoms with Crippen molar-refractivity contribution >= 4 is 46.9 Å². The molecule has 49 heavy (non-hydrogen) atoms. The minimum atomic E-state index is -2.09. The van der Waals surface area contributed by atoms with Crippen LogP contribution in [0.4, 0.5) is 10.5 Å². The van der Waals surface area contributed by atoms with Crippen LogP contribution in [-0.4, -0.2) is 68.2 Å². The lowest BCUT2D eigenvalue weighted by Gasteiger charge is -2.39. The van der Waals surface area contributed by atoms with Gasteiger partial charge in [-0.1, -0.05) is 71.1 Å². The van der Waals surface area contributed by atoms with Gasteiger partial charge in [0, 0.05) is 35.6 Å². The Kier molecular flexibility index (Phi) is 14.8. The molecular weight excluding hydrogens is 700 g/mol. The van der Waals surface area contributed by atoms with Gasteiger partial charge in [0.1, 0.15) is 11.9 Å². The number of carbonyl (C=O) groups is 1. The fourth-order valence-electron chi connectivity index (χ4n) is 6.09. The second kappa shape index (κ2) is 18.5. The third-order valence-electron chi connectivity index (χ3n) is 10.1. The van der Waals surface area contributed by atoms with Crippen molar-refractivity contribution in [1.82, 2.24) is 15.2 Å². The van der Waals surface area contributed by atoms with E-state index in [1.807, 2.05) is 30.3 Å². The van der Waals surface area contributed by atoms with Crippen LogP contribution < -0.4 is 16.2 Å². The molecule has 1 aliphatic heterocycles. The number of carbonyl (C=O) groups excluding carboxylic acids is 1. The Labute approximate surface area is 301 Å². The van der Waals surface area contributed by atoms with Crippen LogP contribution >= 0.6 is 15.9 Å². The number of H-pyrrole nitrogens is 1. The summed E-state index contributed by atoms with van der Waals surface area (Å²) >= 11 is 3.45. The first-order valence-corrected chi connectivity index (χ1v) is 21.7. The largest absolute Gasteiger partial charge is 0.506 e. The Bertz CT molecular complexity index is 1550. The van der Waals surface area contributed by atoms with E-state index in [-0.39, 0.29) is 34.6 Å². The molecule has 1 aliphatic rings. The number of amides is 1. The fourth-order valence-corrected chi connectivity index (χ4v) is 7.75. The van der Waals surface area contributed by atoms with Gasteiger partial charge in [-0.3, -0.25) is 10.1 Å². The minimum absolute atomic E-state index is 0.0247. The van der Waals surface area contributed by atoms with Crippen LogP contribution in [-0.2, 0) is 9.16 Å². The number of rotatable bonds is 17. The summed E-state index contributed by atoms with van der Waals surface area (Å²) in [6.45, 7) is 15.9. The number of benzene rings is 2. The average molecular weight is 758 g/mol. The minimum Gasteiger partial charge on any atom is -0.506 e. The molecule has 1 aromatic heterocycles. The van der Waals surface area contributed by atoms with Crippen molar-refractivity contribution in [2.45, 2.75) is 109 Å². The van der Waals surface area contributed by atoms with E-state index in [1.54, 1.807) is 12.1 Å². The van der Waals surface area contributed by atoms with Crippen molar-refractivity contribution in [3.63, 3.8) is 0 Å². The molecule has 0 radical (unpaired) electrons. The van der Waals surface area contributed by atoms with Crippen LogP contribution in [0.1, 0.15) is 90.2 Å². The number of aromatic nitrogens is 1. The maximum Gasteiger partial charge on any atom is 0.411 e. The van der Waals surface area contributed by atoms with Gasteiger partial charge in [0.2, 0.25) is 5.56 Å². The molecule has 1 atom stereocenters. The number of hydrogen-bond donors (Lipinski definition) is 4. The van der Waals surface area contributed by atoms with E-state index in [1.165, 1.54) is 44.6 Å². The van der Waals surface area contributed by atoms with Crippen molar-refractivity contribution < 1.29 is 19.1 Å². The zero-order valence-electron chi connectivity index (χ0n) is 30.1. The summed E-state index contributed by atoms with van der Waals surface area (Å²) in [5.41, 5.74) is 1.93. The standard InChI is InChI=1S/C38H57BrN4O5Si/c1-38(2,3)49(4,5)48-34(29-17-19-33(44)36-30(29)18-20-35(45)42-36)27-40-23-13-9-7-6-8-10-14-24-43-25-21-28(22-26-43)47-37(46)41-32-16-12-11-15-31(32)39/h11-12,15-20,28,34,40,44H,6-10,13-14,21-27H2,1-5H3,(H,41,46)(H,42,45)/t34-/m0/s1. The highest BCUT2D eigenvalue weighted by molar-refractivity contribution is 9.10. The number of ether oxygens (including phenoxy) is 1. The summed E-state index contributed by atoms with van der Waals surface area (Å²) in [5, 5.41) is 17.8. The number of unbranched alkanes of at least 4 members (excludes halogenated alkanes) is 6. The Balaban J connectivity index is 1.09. The van der Waals surface area contributed by atoms with Gasteiger partial charge >= 0.3 is 6.09 Å². The van der Waals surface area contributed by atoms with Gasteiger partial charge < -0.3 is 29.5 Å².